The van der Waals surface area contributed by atoms with Crippen LogP contribution in [0.1, 0.15) is 22.3 Å². The second-order valence-corrected chi connectivity index (χ2v) is 6.50. The fourth-order valence-corrected chi connectivity index (χ4v) is 3.26. The predicted octanol–water partition coefficient (Wildman–Crippen LogP) is 2.89. The Hall–Kier alpha value is -2.42. The molecule has 0 aromatic heterocycles. The van der Waals surface area contributed by atoms with Crippen molar-refractivity contribution < 1.29 is 14.7 Å². The highest BCUT2D eigenvalue weighted by Crippen LogP contribution is 2.43. The number of anilines is 1. The molecule has 0 radical (unpaired) electrons. The van der Waals surface area contributed by atoms with Gasteiger partial charge in [-0.25, -0.2) is 0 Å². The monoisotopic (exact) mass is 383 g/mol. The van der Waals surface area contributed by atoms with Gasteiger partial charge < -0.3 is 5.11 Å². The molecule has 120 valence electrons. The molecule has 1 amide bonds. The number of hydrogen-bond acceptors (Lipinski definition) is 3. The summed E-state index contributed by atoms with van der Waals surface area (Å²) in [4.78, 5) is 26.6. The molecule has 0 aliphatic carbocycles. The van der Waals surface area contributed by atoms with Gasteiger partial charge in [0, 0.05) is 15.6 Å². The summed E-state index contributed by atoms with van der Waals surface area (Å²) in [6, 6.07) is 13.7. The second-order valence-electron chi connectivity index (χ2n) is 5.58. The van der Waals surface area contributed by atoms with Crippen molar-refractivity contribution >= 4 is 33.3 Å². The van der Waals surface area contributed by atoms with E-state index in [0.29, 0.717) is 21.3 Å². The van der Waals surface area contributed by atoms with Crippen molar-refractivity contribution in [2.75, 3.05) is 11.4 Å². The lowest BCUT2D eigenvalue weighted by Gasteiger charge is -2.21. The quantitative estimate of drug-likeness (QED) is 0.652. The Labute approximate surface area is 148 Å². The van der Waals surface area contributed by atoms with E-state index >= 15 is 0 Å². The zero-order valence-corrected chi connectivity index (χ0v) is 14.3. The van der Waals surface area contributed by atoms with E-state index in [1.807, 2.05) is 0 Å². The molecule has 2 aromatic carbocycles. The molecule has 3 rings (SSSR count). The first kappa shape index (κ1) is 16.4. The first-order valence-electron chi connectivity index (χ1n) is 7.33. The fourth-order valence-electron chi connectivity index (χ4n) is 2.90. The first-order chi connectivity index (χ1) is 11.5. The van der Waals surface area contributed by atoms with Crippen LogP contribution in [0.5, 0.6) is 0 Å². The third-order valence-corrected chi connectivity index (χ3v) is 4.55. The number of benzene rings is 2. The summed E-state index contributed by atoms with van der Waals surface area (Å²) in [5.41, 5.74) is -0.542. The molecule has 0 bridgehead atoms. The van der Waals surface area contributed by atoms with E-state index in [1.165, 1.54) is 4.90 Å². The highest BCUT2D eigenvalue weighted by atomic mass is 79.9. The first-order valence-corrected chi connectivity index (χ1v) is 8.13. The van der Waals surface area contributed by atoms with Gasteiger partial charge in [-0.05, 0) is 18.2 Å². The van der Waals surface area contributed by atoms with Gasteiger partial charge in [0.05, 0.1) is 18.7 Å². The minimum Gasteiger partial charge on any atom is -0.375 e. The van der Waals surface area contributed by atoms with Crippen LogP contribution in [-0.4, -0.2) is 23.3 Å². The van der Waals surface area contributed by atoms with Gasteiger partial charge in [0.2, 0.25) is 0 Å². The van der Waals surface area contributed by atoms with Gasteiger partial charge in [0.25, 0.3) is 5.91 Å². The molecule has 0 saturated carbocycles. The Bertz CT molecular complexity index is 857. The van der Waals surface area contributed by atoms with Crippen LogP contribution in [0, 0.1) is 12.3 Å². The number of Topliss-reactive ketones (excluding diaryl/α,β-unsaturated/α-hetero) is 1. The average molecular weight is 384 g/mol. The third-order valence-electron chi connectivity index (χ3n) is 4.06. The number of nitrogens with zero attached hydrogens (tertiary/aromatic N) is 1. The molecule has 0 spiro atoms. The van der Waals surface area contributed by atoms with E-state index in [9.17, 15) is 14.7 Å². The summed E-state index contributed by atoms with van der Waals surface area (Å²) in [5.74, 6) is 1.54. The zero-order valence-electron chi connectivity index (χ0n) is 12.7. The predicted molar refractivity (Wildman–Crippen MR) is 94.6 cm³/mol. The minimum absolute atomic E-state index is 0.0370. The summed E-state index contributed by atoms with van der Waals surface area (Å²) in [6.07, 6.45) is 5.00. The molecule has 1 aliphatic heterocycles. The van der Waals surface area contributed by atoms with Gasteiger partial charge >= 0.3 is 0 Å². The molecule has 1 aliphatic rings. The number of fused-ring (bicyclic) bond motifs is 1. The Kier molecular flexibility index (Phi) is 4.27. The van der Waals surface area contributed by atoms with Crippen LogP contribution >= 0.6 is 15.9 Å². The molecular formula is C19H14BrNO3. The average Bonchev–Trinajstić information content (AvgIpc) is 2.78. The number of terminal acetylenes is 1. The maximum absolute atomic E-state index is 12.8. The van der Waals surface area contributed by atoms with Crippen LogP contribution in [0.15, 0.2) is 53.0 Å². The molecule has 1 heterocycles. The number of halogens is 1. The summed E-state index contributed by atoms with van der Waals surface area (Å²) in [7, 11) is 0. The number of amides is 1. The van der Waals surface area contributed by atoms with Crippen molar-refractivity contribution in [1.29, 1.82) is 0 Å². The van der Waals surface area contributed by atoms with E-state index in [1.54, 1.807) is 48.5 Å². The minimum atomic E-state index is -1.91. The van der Waals surface area contributed by atoms with Gasteiger partial charge in [-0.3, -0.25) is 14.5 Å². The fraction of sp³-hybridized carbons (Fsp3) is 0.158. The third kappa shape index (κ3) is 2.64. The van der Waals surface area contributed by atoms with E-state index < -0.39 is 11.5 Å². The Morgan fingerprint density at radius 2 is 1.96 bits per heavy atom. The van der Waals surface area contributed by atoms with Crippen LogP contribution in [0.2, 0.25) is 0 Å². The van der Waals surface area contributed by atoms with Gasteiger partial charge in [-0.15, -0.1) is 6.42 Å². The van der Waals surface area contributed by atoms with Crippen LogP contribution in [0.3, 0.4) is 0 Å². The van der Waals surface area contributed by atoms with Crippen LogP contribution in [0.4, 0.5) is 5.69 Å². The second kappa shape index (κ2) is 6.23. The summed E-state index contributed by atoms with van der Waals surface area (Å²) < 4.78 is 0.710. The Morgan fingerprint density at radius 1 is 1.25 bits per heavy atom. The highest BCUT2D eigenvalue weighted by molar-refractivity contribution is 9.10. The molecule has 1 atom stereocenters. The normalized spacial score (nSPS) is 19.0. The van der Waals surface area contributed by atoms with Gasteiger partial charge in [0.15, 0.2) is 11.4 Å². The molecule has 0 unspecified atom stereocenters. The standard InChI is InChI=1S/C19H14BrNO3/c1-2-10-21-16-9-8-14(20)11-15(16)19(24,18(21)23)12-17(22)13-6-4-3-5-7-13/h1,3-9,11,24H,10,12H2/t19-/m0/s1. The highest BCUT2D eigenvalue weighted by Gasteiger charge is 2.50. The number of rotatable bonds is 4. The van der Waals surface area contributed by atoms with E-state index in [-0.39, 0.29) is 18.7 Å². The van der Waals surface area contributed by atoms with Crippen molar-refractivity contribution in [2.45, 2.75) is 12.0 Å². The van der Waals surface area contributed by atoms with Crippen molar-refractivity contribution in [1.82, 2.24) is 0 Å². The maximum Gasteiger partial charge on any atom is 0.265 e. The lowest BCUT2D eigenvalue weighted by Crippen LogP contribution is -2.42. The van der Waals surface area contributed by atoms with E-state index in [4.69, 9.17) is 6.42 Å². The van der Waals surface area contributed by atoms with Gasteiger partial charge in [-0.1, -0.05) is 52.2 Å². The SMILES string of the molecule is C#CCN1C(=O)[C@](O)(CC(=O)c2ccccc2)c2cc(Br)ccc21. The number of carbonyl (C=O) groups excluding carboxylic acids is 2. The molecule has 0 saturated heterocycles. The largest absolute Gasteiger partial charge is 0.375 e. The topological polar surface area (TPSA) is 57.6 Å². The summed E-state index contributed by atoms with van der Waals surface area (Å²) >= 11 is 3.34. The van der Waals surface area contributed by atoms with Gasteiger partial charge in [0.1, 0.15) is 0 Å². The van der Waals surface area contributed by atoms with Crippen LogP contribution in [-0.2, 0) is 10.4 Å². The molecule has 2 aromatic rings. The van der Waals surface area contributed by atoms with Crippen molar-refractivity contribution in [3.63, 3.8) is 0 Å². The van der Waals surface area contributed by atoms with Crippen LogP contribution < -0.4 is 4.90 Å². The Balaban J connectivity index is 2.03. The lowest BCUT2D eigenvalue weighted by atomic mass is 9.88. The molecule has 0 fully saturated rings. The number of aliphatic hydroxyl groups is 1. The maximum atomic E-state index is 12.8. The van der Waals surface area contributed by atoms with Crippen molar-refractivity contribution in [3.05, 3.63) is 64.1 Å². The lowest BCUT2D eigenvalue weighted by molar-refractivity contribution is -0.135. The molecule has 4 nitrogen and oxygen atoms in total. The number of hydrogen-bond donors (Lipinski definition) is 1. The smallest absolute Gasteiger partial charge is 0.265 e. The molecule has 5 heteroatoms. The Morgan fingerprint density at radius 3 is 2.62 bits per heavy atom. The van der Waals surface area contributed by atoms with Crippen molar-refractivity contribution in [2.24, 2.45) is 0 Å². The molecule has 24 heavy (non-hydrogen) atoms. The summed E-state index contributed by atoms with van der Waals surface area (Å²) in [6.45, 7) is 0.0370. The van der Waals surface area contributed by atoms with Crippen LogP contribution in [0.25, 0.3) is 0 Å². The van der Waals surface area contributed by atoms with E-state index in [0.717, 1.165) is 0 Å². The molecule has 1 N–H and O–H groups in total. The van der Waals surface area contributed by atoms with Crippen molar-refractivity contribution in [3.8, 4) is 12.3 Å². The summed E-state index contributed by atoms with van der Waals surface area (Å²) in [5, 5.41) is 11.1. The number of carbonyl (C=O) groups is 2. The van der Waals surface area contributed by atoms with Gasteiger partial charge in [-0.2, -0.15) is 0 Å². The number of ketones is 1. The zero-order chi connectivity index (χ0) is 17.3. The molecular weight excluding hydrogens is 370 g/mol. The van der Waals surface area contributed by atoms with E-state index in [2.05, 4.69) is 21.9 Å².